The van der Waals surface area contributed by atoms with Gasteiger partial charge in [0.2, 0.25) is 10.0 Å². The number of benzene rings is 1. The first kappa shape index (κ1) is 16.2. The highest BCUT2D eigenvalue weighted by Gasteiger charge is 2.23. The first-order valence-electron chi connectivity index (χ1n) is 5.51. The molecule has 19 heavy (non-hydrogen) atoms. The summed E-state index contributed by atoms with van der Waals surface area (Å²) >= 11 is 1.58. The van der Waals surface area contributed by atoms with Crippen molar-refractivity contribution in [3.63, 3.8) is 0 Å². The molecule has 4 nitrogen and oxygen atoms in total. The van der Waals surface area contributed by atoms with E-state index < -0.39 is 26.6 Å². The molecule has 0 saturated heterocycles. The van der Waals surface area contributed by atoms with E-state index in [4.69, 9.17) is 5.73 Å². The standard InChI is InChI=1S/C11H16F2N2O2S2/c1-7(6-18-2)5-15-19(16,17)10-4-8(14)3-9(12)11(10)13/h3-4,7,15H,5-6,14H2,1-2H3. The van der Waals surface area contributed by atoms with E-state index in [-0.39, 0.29) is 18.2 Å². The highest BCUT2D eigenvalue weighted by Crippen LogP contribution is 2.21. The summed E-state index contributed by atoms with van der Waals surface area (Å²) in [6.07, 6.45) is 1.90. The Labute approximate surface area is 115 Å². The topological polar surface area (TPSA) is 72.2 Å². The molecule has 0 aliphatic rings. The minimum absolute atomic E-state index is 0.0822. The fraction of sp³-hybridized carbons (Fsp3) is 0.455. The Morgan fingerprint density at radius 2 is 2.05 bits per heavy atom. The molecular formula is C11H16F2N2O2S2. The van der Waals surface area contributed by atoms with Crippen LogP contribution in [0.15, 0.2) is 17.0 Å². The van der Waals surface area contributed by atoms with E-state index in [0.29, 0.717) is 0 Å². The van der Waals surface area contributed by atoms with Crippen molar-refractivity contribution in [1.29, 1.82) is 0 Å². The molecule has 1 atom stereocenters. The van der Waals surface area contributed by atoms with Gasteiger partial charge in [-0.1, -0.05) is 6.92 Å². The SMILES string of the molecule is CSCC(C)CNS(=O)(=O)c1cc(N)cc(F)c1F. The van der Waals surface area contributed by atoms with E-state index in [1.165, 1.54) is 0 Å². The van der Waals surface area contributed by atoms with Crippen LogP contribution in [0.3, 0.4) is 0 Å². The van der Waals surface area contributed by atoms with Gasteiger partial charge in [0.1, 0.15) is 4.90 Å². The van der Waals surface area contributed by atoms with Crippen molar-refractivity contribution in [2.24, 2.45) is 5.92 Å². The molecule has 0 heterocycles. The van der Waals surface area contributed by atoms with E-state index in [0.717, 1.165) is 17.9 Å². The average Bonchev–Trinajstić information content (AvgIpc) is 2.31. The number of hydrogen-bond donors (Lipinski definition) is 2. The molecule has 1 unspecified atom stereocenters. The normalized spacial score (nSPS) is 13.5. The lowest BCUT2D eigenvalue weighted by Gasteiger charge is -2.12. The molecule has 0 aromatic heterocycles. The van der Waals surface area contributed by atoms with Gasteiger partial charge in [-0.2, -0.15) is 11.8 Å². The molecule has 3 N–H and O–H groups in total. The molecule has 0 amide bonds. The minimum atomic E-state index is -4.10. The second-order valence-electron chi connectivity index (χ2n) is 4.23. The van der Waals surface area contributed by atoms with Crippen LogP contribution in [0.25, 0.3) is 0 Å². The van der Waals surface area contributed by atoms with E-state index in [1.54, 1.807) is 11.8 Å². The van der Waals surface area contributed by atoms with Gasteiger partial charge < -0.3 is 5.73 Å². The summed E-state index contributed by atoms with van der Waals surface area (Å²) in [6.45, 7) is 2.01. The fourth-order valence-electron chi connectivity index (χ4n) is 1.45. The van der Waals surface area contributed by atoms with Gasteiger partial charge in [-0.05, 0) is 30.1 Å². The molecule has 1 aromatic rings. The predicted molar refractivity (Wildman–Crippen MR) is 73.5 cm³/mol. The zero-order valence-corrected chi connectivity index (χ0v) is 12.2. The van der Waals surface area contributed by atoms with Crippen molar-refractivity contribution >= 4 is 27.5 Å². The predicted octanol–water partition coefficient (Wildman–Crippen LogP) is 1.82. The Balaban J connectivity index is 2.95. The van der Waals surface area contributed by atoms with Crippen LogP contribution in [-0.4, -0.2) is 27.0 Å². The molecule has 108 valence electrons. The van der Waals surface area contributed by atoms with Gasteiger partial charge in [-0.15, -0.1) is 0 Å². The number of sulfonamides is 1. The number of nitrogens with one attached hydrogen (secondary N) is 1. The third kappa shape index (κ3) is 4.32. The molecule has 1 aromatic carbocycles. The minimum Gasteiger partial charge on any atom is -0.399 e. The van der Waals surface area contributed by atoms with Gasteiger partial charge in [0.15, 0.2) is 11.6 Å². The smallest absolute Gasteiger partial charge is 0.243 e. The van der Waals surface area contributed by atoms with Crippen LogP contribution in [-0.2, 0) is 10.0 Å². The first-order valence-corrected chi connectivity index (χ1v) is 8.38. The van der Waals surface area contributed by atoms with Crippen molar-refractivity contribution in [3.05, 3.63) is 23.8 Å². The van der Waals surface area contributed by atoms with Crippen molar-refractivity contribution in [2.45, 2.75) is 11.8 Å². The van der Waals surface area contributed by atoms with Gasteiger partial charge in [-0.3, -0.25) is 0 Å². The molecule has 0 spiro atoms. The number of thioether (sulfide) groups is 1. The van der Waals surface area contributed by atoms with Gasteiger partial charge in [0.05, 0.1) is 0 Å². The molecule has 0 saturated carbocycles. The lowest BCUT2D eigenvalue weighted by atomic mass is 10.2. The Kier molecular flexibility index (Phi) is 5.57. The largest absolute Gasteiger partial charge is 0.399 e. The van der Waals surface area contributed by atoms with Crippen LogP contribution in [0.5, 0.6) is 0 Å². The molecule has 0 bridgehead atoms. The van der Waals surface area contributed by atoms with Crippen molar-refractivity contribution in [3.8, 4) is 0 Å². The summed E-state index contributed by atoms with van der Waals surface area (Å²) in [6, 6.07) is 1.64. The Morgan fingerprint density at radius 3 is 2.63 bits per heavy atom. The third-order valence-electron chi connectivity index (χ3n) is 2.38. The van der Waals surface area contributed by atoms with Gasteiger partial charge in [-0.25, -0.2) is 21.9 Å². The highest BCUT2D eigenvalue weighted by molar-refractivity contribution is 7.98. The summed E-state index contributed by atoms with van der Waals surface area (Å²) < 4.78 is 52.7. The lowest BCUT2D eigenvalue weighted by Crippen LogP contribution is -2.30. The van der Waals surface area contributed by atoms with Gasteiger partial charge >= 0.3 is 0 Å². The number of nitrogen functional groups attached to an aromatic ring is 1. The lowest BCUT2D eigenvalue weighted by molar-refractivity contribution is 0.482. The molecule has 0 aliphatic heterocycles. The number of hydrogen-bond acceptors (Lipinski definition) is 4. The highest BCUT2D eigenvalue weighted by atomic mass is 32.2. The Morgan fingerprint density at radius 1 is 1.42 bits per heavy atom. The number of nitrogens with two attached hydrogens (primary N) is 1. The first-order chi connectivity index (χ1) is 8.77. The van der Waals surface area contributed by atoms with E-state index in [2.05, 4.69) is 4.72 Å². The summed E-state index contributed by atoms with van der Waals surface area (Å²) in [4.78, 5) is -0.763. The summed E-state index contributed by atoms with van der Waals surface area (Å²) in [5.74, 6) is -1.86. The van der Waals surface area contributed by atoms with E-state index >= 15 is 0 Å². The molecule has 0 radical (unpaired) electrons. The Bertz CT molecular complexity index is 550. The second kappa shape index (κ2) is 6.53. The van der Waals surface area contributed by atoms with Gasteiger partial charge in [0.25, 0.3) is 0 Å². The number of rotatable bonds is 6. The van der Waals surface area contributed by atoms with Crippen LogP contribution in [0.1, 0.15) is 6.92 Å². The van der Waals surface area contributed by atoms with Crippen molar-refractivity contribution < 1.29 is 17.2 Å². The van der Waals surface area contributed by atoms with E-state index in [1.807, 2.05) is 13.2 Å². The third-order valence-corrected chi connectivity index (χ3v) is 4.70. The average molecular weight is 310 g/mol. The van der Waals surface area contributed by atoms with Crippen molar-refractivity contribution in [2.75, 3.05) is 24.3 Å². The van der Waals surface area contributed by atoms with Crippen LogP contribution < -0.4 is 10.5 Å². The molecule has 0 aliphatic carbocycles. The molecule has 1 rings (SSSR count). The van der Waals surface area contributed by atoms with Crippen molar-refractivity contribution in [1.82, 2.24) is 4.72 Å². The zero-order chi connectivity index (χ0) is 14.6. The maximum Gasteiger partial charge on any atom is 0.243 e. The summed E-state index contributed by atoms with van der Waals surface area (Å²) in [5, 5.41) is 0. The maximum absolute atomic E-state index is 13.5. The Hall–Kier alpha value is -0.860. The molecule has 0 fully saturated rings. The second-order valence-corrected chi connectivity index (χ2v) is 6.87. The summed E-state index contributed by atoms with van der Waals surface area (Å²) in [7, 11) is -4.10. The molecular weight excluding hydrogens is 294 g/mol. The van der Waals surface area contributed by atoms with Crippen LogP contribution in [0, 0.1) is 17.6 Å². The van der Waals surface area contributed by atoms with Crippen LogP contribution in [0.2, 0.25) is 0 Å². The quantitative estimate of drug-likeness (QED) is 0.786. The number of anilines is 1. The monoisotopic (exact) mass is 310 g/mol. The van der Waals surface area contributed by atoms with Crippen LogP contribution >= 0.6 is 11.8 Å². The van der Waals surface area contributed by atoms with Crippen LogP contribution in [0.4, 0.5) is 14.5 Å². The van der Waals surface area contributed by atoms with E-state index in [9.17, 15) is 17.2 Å². The maximum atomic E-state index is 13.5. The fourth-order valence-corrected chi connectivity index (χ4v) is 3.42. The number of halogens is 2. The summed E-state index contributed by atoms with van der Waals surface area (Å²) in [5.41, 5.74) is 5.18. The zero-order valence-electron chi connectivity index (χ0n) is 10.6. The molecule has 8 heteroatoms. The van der Waals surface area contributed by atoms with Gasteiger partial charge in [0, 0.05) is 12.2 Å².